The number of phosphoric ester groups is 1. The fraction of sp³-hybridized carbons (Fsp3) is 0.917. The van der Waals surface area contributed by atoms with Gasteiger partial charge in [0.2, 0.25) is 0 Å². The van der Waals surface area contributed by atoms with Crippen LogP contribution in [0, 0.1) is 11.8 Å². The topological polar surface area (TPSA) is 185 Å². The van der Waals surface area contributed by atoms with Crippen LogP contribution in [0.4, 0.5) is 0 Å². The van der Waals surface area contributed by atoms with Crippen molar-refractivity contribution in [2.24, 2.45) is 11.8 Å². The lowest BCUT2D eigenvalue weighted by Gasteiger charge is -2.22. The van der Waals surface area contributed by atoms with Crippen LogP contribution in [0.5, 0.6) is 0 Å². The van der Waals surface area contributed by atoms with Crippen molar-refractivity contribution < 1.29 is 56.6 Å². The second-order valence-electron chi connectivity index (χ2n) is 17.9. The van der Waals surface area contributed by atoms with E-state index in [-0.39, 0.29) is 57.1 Å². The van der Waals surface area contributed by atoms with Crippen molar-refractivity contribution in [3.05, 3.63) is 0 Å². The van der Waals surface area contributed by atoms with Crippen LogP contribution in [0.1, 0.15) is 208 Å². The first kappa shape index (κ1) is 67.8. The molecule has 388 valence electrons. The number of unbranched alkanes of at least 4 members (excludes halogenated alkanes) is 20. The average molecular weight is 994 g/mol. The first-order chi connectivity index (χ1) is 30.3. The largest absolute Gasteiger partial charge is 0.472 e. The van der Waals surface area contributed by atoms with Crippen LogP contribution < -0.4 is 10.6 Å². The summed E-state index contributed by atoms with van der Waals surface area (Å²) >= 11 is 0. The number of rotatable bonds is 46. The molecule has 0 aliphatic rings. The van der Waals surface area contributed by atoms with E-state index in [1.807, 2.05) is 13.8 Å². The molecule has 0 saturated heterocycles. The molecule has 0 aromatic carbocycles. The summed E-state index contributed by atoms with van der Waals surface area (Å²) in [4.78, 5) is 61.2. The number of carbonyl (C=O) groups excluding carboxylic acids is 4. The Labute approximate surface area is 407 Å². The lowest BCUT2D eigenvalue weighted by atomic mass is 10.1. The molecule has 0 amide bonds. The number of halogens is 2. The van der Waals surface area contributed by atoms with E-state index in [9.17, 15) is 28.6 Å². The summed E-state index contributed by atoms with van der Waals surface area (Å²) in [6, 6.07) is 0. The molecule has 17 heteroatoms. The zero-order valence-electron chi connectivity index (χ0n) is 41.6. The van der Waals surface area contributed by atoms with E-state index < -0.39 is 63.7 Å². The monoisotopic (exact) mass is 993 g/mol. The van der Waals surface area contributed by atoms with Crippen molar-refractivity contribution in [3.63, 3.8) is 0 Å². The van der Waals surface area contributed by atoms with E-state index in [2.05, 4.69) is 38.3 Å². The number of phosphoric acid groups is 1. The number of esters is 4. The van der Waals surface area contributed by atoms with Crippen molar-refractivity contribution >= 4 is 56.5 Å². The third-order valence-corrected chi connectivity index (χ3v) is 11.3. The molecule has 0 aromatic heterocycles. The summed E-state index contributed by atoms with van der Waals surface area (Å²) in [5, 5.41) is 6.31. The van der Waals surface area contributed by atoms with Crippen molar-refractivity contribution in [1.29, 1.82) is 0 Å². The lowest BCUT2D eigenvalue weighted by Crippen LogP contribution is -2.32. The second kappa shape index (κ2) is 47.6. The molecule has 3 atom stereocenters. The summed E-state index contributed by atoms with van der Waals surface area (Å²) in [7, 11) is -4.83. The van der Waals surface area contributed by atoms with Gasteiger partial charge >= 0.3 is 31.7 Å². The van der Waals surface area contributed by atoms with E-state index in [0.29, 0.717) is 44.3 Å². The molecule has 0 rings (SSSR count). The predicted molar refractivity (Wildman–Crippen MR) is 265 cm³/mol. The van der Waals surface area contributed by atoms with Gasteiger partial charge in [-0.3, -0.25) is 28.2 Å². The first-order valence-electron chi connectivity index (χ1n) is 25.0. The number of carbonyl (C=O) groups is 4. The fourth-order valence-corrected chi connectivity index (χ4v) is 7.44. The third-order valence-electron chi connectivity index (χ3n) is 10.4. The molecule has 3 unspecified atom stereocenters. The molecule has 3 N–H and O–H groups in total. The predicted octanol–water partition coefficient (Wildman–Crippen LogP) is 11.5. The van der Waals surface area contributed by atoms with Crippen LogP contribution in [-0.2, 0) is 51.7 Å². The normalized spacial score (nSPS) is 13.1. The van der Waals surface area contributed by atoms with Gasteiger partial charge in [-0.2, -0.15) is 0 Å². The molecule has 0 spiro atoms. The highest BCUT2D eigenvalue weighted by Crippen LogP contribution is 2.43. The molecule has 0 heterocycles. The van der Waals surface area contributed by atoms with Gasteiger partial charge in [0.15, 0.2) is 12.2 Å². The van der Waals surface area contributed by atoms with E-state index in [1.54, 1.807) is 0 Å². The molecule has 0 aliphatic carbocycles. The minimum absolute atomic E-state index is 0. The molecule has 0 bridgehead atoms. The first-order valence-corrected chi connectivity index (χ1v) is 26.5. The van der Waals surface area contributed by atoms with Gasteiger partial charge in [-0.1, -0.05) is 170 Å². The fourth-order valence-electron chi connectivity index (χ4n) is 6.66. The molecule has 65 heavy (non-hydrogen) atoms. The molecule has 14 nitrogen and oxygen atoms in total. The van der Waals surface area contributed by atoms with Crippen LogP contribution >= 0.6 is 32.6 Å². The van der Waals surface area contributed by atoms with Crippen LogP contribution in [0.15, 0.2) is 0 Å². The quantitative estimate of drug-likeness (QED) is 0.0226. The van der Waals surface area contributed by atoms with Gasteiger partial charge in [0.25, 0.3) is 0 Å². The maximum Gasteiger partial charge on any atom is 0.472 e. The summed E-state index contributed by atoms with van der Waals surface area (Å²) in [5.74, 6) is -1.32. The van der Waals surface area contributed by atoms with Crippen LogP contribution in [0.25, 0.3) is 0 Å². The SMILES string of the molecule is CCCCCCCCCCCCCC(=O)OCC(COP(=O)(O)OCC(COC(=O)CCNCC(C)C)OC(=O)CCNCC(C)C)OC(=O)CCCCCCCCCCCCC.Cl.Cl. The smallest absolute Gasteiger partial charge is 0.462 e. The summed E-state index contributed by atoms with van der Waals surface area (Å²) in [6.45, 7) is 12.9. The van der Waals surface area contributed by atoms with Crippen molar-refractivity contribution in [1.82, 2.24) is 10.6 Å². The lowest BCUT2D eigenvalue weighted by molar-refractivity contribution is -0.162. The van der Waals surface area contributed by atoms with Crippen LogP contribution in [-0.4, -0.2) is 93.6 Å². The Hall–Kier alpha value is -1.51. The average Bonchev–Trinajstić information content (AvgIpc) is 3.24. The van der Waals surface area contributed by atoms with Crippen molar-refractivity contribution in [3.8, 4) is 0 Å². The van der Waals surface area contributed by atoms with Gasteiger partial charge in [0, 0.05) is 25.9 Å². The Morgan fingerprint density at radius 2 is 0.738 bits per heavy atom. The van der Waals surface area contributed by atoms with Gasteiger partial charge < -0.3 is 34.5 Å². The maximum absolute atomic E-state index is 13.1. The van der Waals surface area contributed by atoms with Crippen molar-refractivity contribution in [2.45, 2.75) is 221 Å². The maximum atomic E-state index is 13.1. The zero-order chi connectivity index (χ0) is 46.8. The summed E-state index contributed by atoms with van der Waals surface area (Å²) < 4.78 is 45.3. The van der Waals surface area contributed by atoms with Gasteiger partial charge in [-0.25, -0.2) is 4.57 Å². The Balaban J connectivity index is -0.0000192. The molecule has 0 aliphatic heterocycles. The Bertz CT molecular complexity index is 1190. The molecule has 0 saturated carbocycles. The Morgan fingerprint density at radius 1 is 0.446 bits per heavy atom. The number of hydrogen-bond acceptors (Lipinski definition) is 13. The van der Waals surface area contributed by atoms with Crippen LogP contribution in [0.3, 0.4) is 0 Å². The number of nitrogens with one attached hydrogen (secondary N) is 2. The molecular formula is C48H95Cl2N2O12P. The Kier molecular flexibility index (Phi) is 49.6. The summed E-state index contributed by atoms with van der Waals surface area (Å²) in [5.41, 5.74) is 0. The molecule has 0 fully saturated rings. The molecule has 0 radical (unpaired) electrons. The van der Waals surface area contributed by atoms with Gasteiger partial charge in [-0.05, 0) is 37.8 Å². The molecule has 0 aromatic rings. The number of ether oxygens (including phenoxy) is 4. The highest BCUT2D eigenvalue weighted by Gasteiger charge is 2.29. The standard InChI is InChI=1S/C48H93N2O12P.2ClH/c1-7-9-11-13-15-17-19-21-23-25-27-29-45(51)57-37-43(61-47(53)30-28-26-24-22-20-18-16-14-12-10-8-2)39-59-63(55,56)60-40-44(62-48(54)32-34-50-36-42(5)6)38-58-46(52)31-33-49-35-41(3)4;;/h41-44,49-50H,7-40H2,1-6H3,(H,55,56);2*1H. The van der Waals surface area contributed by atoms with E-state index >= 15 is 0 Å². The van der Waals surface area contributed by atoms with Gasteiger partial charge in [0.05, 0.1) is 26.1 Å². The molecular weight excluding hydrogens is 898 g/mol. The highest BCUT2D eigenvalue weighted by molar-refractivity contribution is 7.47. The van der Waals surface area contributed by atoms with Gasteiger partial charge in [-0.15, -0.1) is 24.8 Å². The summed E-state index contributed by atoms with van der Waals surface area (Å²) in [6.07, 6.45) is 23.3. The highest BCUT2D eigenvalue weighted by atomic mass is 35.5. The second-order valence-corrected chi connectivity index (χ2v) is 19.4. The zero-order valence-corrected chi connectivity index (χ0v) is 44.1. The van der Waals surface area contributed by atoms with Crippen LogP contribution in [0.2, 0.25) is 0 Å². The van der Waals surface area contributed by atoms with E-state index in [4.69, 9.17) is 28.0 Å². The third kappa shape index (κ3) is 48.7. The van der Waals surface area contributed by atoms with Gasteiger partial charge in [0.1, 0.15) is 13.2 Å². The van der Waals surface area contributed by atoms with E-state index in [1.165, 1.54) is 89.9 Å². The van der Waals surface area contributed by atoms with E-state index in [0.717, 1.165) is 45.1 Å². The minimum atomic E-state index is -4.83. The number of hydrogen-bond donors (Lipinski definition) is 3. The Morgan fingerprint density at radius 3 is 1.09 bits per heavy atom. The van der Waals surface area contributed by atoms with Crippen molar-refractivity contribution in [2.75, 3.05) is 52.6 Å². The minimum Gasteiger partial charge on any atom is -0.462 e.